The monoisotopic (exact) mass is 194 g/mol. The van der Waals surface area contributed by atoms with Crippen molar-refractivity contribution >= 4 is 20.3 Å². The number of esters is 1. The molecular weight excluding hydrogens is 183 g/mol. The molecule has 0 saturated carbocycles. The minimum absolute atomic E-state index is 0.0666. The number of carbonyl (C=O) groups excluding carboxylic acids is 2. The lowest BCUT2D eigenvalue weighted by Gasteiger charge is -1.98. The van der Waals surface area contributed by atoms with Gasteiger partial charge in [-0.1, -0.05) is 0 Å². The van der Waals surface area contributed by atoms with Gasteiger partial charge in [-0.25, -0.2) is 0 Å². The zero-order valence-electron chi connectivity index (χ0n) is 6.70. The first-order valence-electron chi connectivity index (χ1n) is 3.29. The van der Waals surface area contributed by atoms with Gasteiger partial charge in [0.15, 0.2) is 5.52 Å². The van der Waals surface area contributed by atoms with Gasteiger partial charge < -0.3 is 14.4 Å². The molecule has 1 atom stereocenters. The van der Waals surface area contributed by atoms with Crippen molar-refractivity contribution in [2.75, 3.05) is 13.9 Å². The van der Waals surface area contributed by atoms with Crippen LogP contribution in [0.4, 0.5) is 0 Å². The third-order valence-corrected chi connectivity index (χ3v) is 1.79. The molecule has 6 heteroatoms. The molecule has 1 unspecified atom stereocenters. The highest BCUT2D eigenvalue weighted by molar-refractivity contribution is 7.53. The lowest BCUT2D eigenvalue weighted by Crippen LogP contribution is -2.02. The zero-order chi connectivity index (χ0) is 9.40. The third-order valence-electron chi connectivity index (χ3n) is 1.03. The zero-order valence-corrected chi connectivity index (χ0v) is 7.70. The largest absolute Gasteiger partial charge is 0.469 e. The Morgan fingerprint density at radius 1 is 1.42 bits per heavy atom. The van der Waals surface area contributed by atoms with E-state index in [9.17, 15) is 9.59 Å². The maximum absolute atomic E-state index is 10.8. The van der Waals surface area contributed by atoms with Crippen LogP contribution in [0.3, 0.4) is 0 Å². The normalized spacial score (nSPS) is 10.5. The number of ether oxygens (including phenoxy) is 1. The van der Waals surface area contributed by atoms with Crippen molar-refractivity contribution in [2.24, 2.45) is 0 Å². The Kier molecular flexibility index (Phi) is 6.85. The van der Waals surface area contributed by atoms with Crippen LogP contribution in [0.5, 0.6) is 0 Å². The summed E-state index contributed by atoms with van der Waals surface area (Å²) in [5.41, 5.74) is -0.200. The first-order valence-corrected chi connectivity index (χ1v) is 4.20. The van der Waals surface area contributed by atoms with Crippen molar-refractivity contribution in [3.05, 3.63) is 0 Å². The van der Waals surface area contributed by atoms with Gasteiger partial charge in [-0.2, -0.15) is 0 Å². The number of aliphatic hydroxyl groups is 1. The third kappa shape index (κ3) is 6.22. The van der Waals surface area contributed by atoms with Gasteiger partial charge in [-0.15, -0.1) is 0 Å². The summed E-state index contributed by atoms with van der Waals surface area (Å²) in [4.78, 5) is 21.3. The highest BCUT2D eigenvalue weighted by atomic mass is 31.1. The lowest BCUT2D eigenvalue weighted by atomic mass is 10.3. The standard InChI is InChI=1S/C6H11O5P/c1-10-5(8)2-3-6(9)12-11-4-7/h7,12H,2-4H2,1H3. The summed E-state index contributed by atoms with van der Waals surface area (Å²) in [7, 11) is 0.874. The van der Waals surface area contributed by atoms with Crippen LogP contribution in [0.2, 0.25) is 0 Å². The molecule has 0 amide bonds. The molecular formula is C6H11O5P. The molecule has 5 nitrogen and oxygen atoms in total. The van der Waals surface area contributed by atoms with E-state index in [2.05, 4.69) is 9.26 Å². The van der Waals surface area contributed by atoms with Crippen LogP contribution in [-0.4, -0.2) is 30.5 Å². The van der Waals surface area contributed by atoms with Crippen LogP contribution in [0, 0.1) is 0 Å². The molecule has 0 radical (unpaired) electrons. The molecule has 0 fully saturated rings. The van der Waals surface area contributed by atoms with E-state index in [0.717, 1.165) is 0 Å². The molecule has 0 bridgehead atoms. The van der Waals surface area contributed by atoms with Crippen molar-refractivity contribution in [1.29, 1.82) is 0 Å². The number of methoxy groups -OCH3 is 1. The van der Waals surface area contributed by atoms with Crippen LogP contribution < -0.4 is 0 Å². The summed E-state index contributed by atoms with van der Waals surface area (Å²) in [6.45, 7) is -0.470. The van der Waals surface area contributed by atoms with Gasteiger partial charge in [-0.3, -0.25) is 9.59 Å². The fourth-order valence-corrected chi connectivity index (χ4v) is 0.934. The number of hydrogen-bond donors (Lipinski definition) is 1. The van der Waals surface area contributed by atoms with Gasteiger partial charge in [0.05, 0.1) is 22.3 Å². The SMILES string of the molecule is COC(=O)CCC(=O)POCO. The molecule has 0 aromatic rings. The van der Waals surface area contributed by atoms with Gasteiger partial charge >= 0.3 is 5.97 Å². The van der Waals surface area contributed by atoms with E-state index < -0.39 is 12.8 Å². The fraction of sp³-hybridized carbons (Fsp3) is 0.667. The van der Waals surface area contributed by atoms with Crippen molar-refractivity contribution in [2.45, 2.75) is 12.8 Å². The van der Waals surface area contributed by atoms with Crippen molar-refractivity contribution < 1.29 is 24.0 Å². The van der Waals surface area contributed by atoms with E-state index in [1.807, 2.05) is 0 Å². The average Bonchev–Trinajstić information content (AvgIpc) is 2.10. The molecule has 0 spiro atoms. The summed E-state index contributed by atoms with van der Waals surface area (Å²) in [5.74, 6) is -0.419. The Morgan fingerprint density at radius 3 is 2.58 bits per heavy atom. The summed E-state index contributed by atoms with van der Waals surface area (Å²) >= 11 is 0. The molecule has 0 aliphatic heterocycles. The van der Waals surface area contributed by atoms with Gasteiger partial charge in [0.25, 0.3) is 0 Å². The van der Waals surface area contributed by atoms with Crippen LogP contribution >= 0.6 is 8.81 Å². The Bertz CT molecular complexity index is 158. The van der Waals surface area contributed by atoms with E-state index in [-0.39, 0.29) is 27.2 Å². The molecule has 0 aliphatic rings. The van der Waals surface area contributed by atoms with Crippen LogP contribution in [0.1, 0.15) is 12.8 Å². The summed E-state index contributed by atoms with van der Waals surface area (Å²) < 4.78 is 8.77. The second-order valence-corrected chi connectivity index (χ2v) is 2.93. The second kappa shape index (κ2) is 7.16. The first-order chi connectivity index (χ1) is 5.70. The van der Waals surface area contributed by atoms with Gasteiger partial charge in [0.2, 0.25) is 0 Å². The molecule has 12 heavy (non-hydrogen) atoms. The quantitative estimate of drug-likeness (QED) is 0.366. The van der Waals surface area contributed by atoms with E-state index >= 15 is 0 Å². The van der Waals surface area contributed by atoms with Gasteiger partial charge in [0.1, 0.15) is 6.79 Å². The molecule has 70 valence electrons. The van der Waals surface area contributed by atoms with Crippen molar-refractivity contribution in [1.82, 2.24) is 0 Å². The van der Waals surface area contributed by atoms with E-state index in [1.165, 1.54) is 7.11 Å². The fourth-order valence-electron chi connectivity index (χ4n) is 0.481. The molecule has 1 N–H and O–H groups in total. The number of carbonyl (C=O) groups is 2. The number of aliphatic hydroxyl groups excluding tert-OH is 1. The van der Waals surface area contributed by atoms with E-state index in [0.29, 0.717) is 0 Å². The molecule has 0 heterocycles. The maximum atomic E-state index is 10.8. The molecule has 0 aromatic heterocycles. The molecule has 0 saturated heterocycles. The molecule has 0 aromatic carbocycles. The highest BCUT2D eigenvalue weighted by Crippen LogP contribution is 2.15. The van der Waals surface area contributed by atoms with Crippen molar-refractivity contribution in [3.8, 4) is 0 Å². The minimum Gasteiger partial charge on any atom is -0.469 e. The lowest BCUT2D eigenvalue weighted by molar-refractivity contribution is -0.141. The summed E-state index contributed by atoms with van der Waals surface area (Å²) in [6, 6.07) is 0. The van der Waals surface area contributed by atoms with Crippen LogP contribution in [-0.2, 0) is 18.8 Å². The predicted molar refractivity (Wildman–Crippen MR) is 42.7 cm³/mol. The topological polar surface area (TPSA) is 72.8 Å². The van der Waals surface area contributed by atoms with Crippen molar-refractivity contribution in [3.63, 3.8) is 0 Å². The number of rotatable bonds is 6. The Morgan fingerprint density at radius 2 is 2.08 bits per heavy atom. The van der Waals surface area contributed by atoms with Crippen LogP contribution in [0.15, 0.2) is 0 Å². The Labute approximate surface area is 71.9 Å². The van der Waals surface area contributed by atoms with E-state index in [4.69, 9.17) is 5.11 Å². The van der Waals surface area contributed by atoms with E-state index in [1.54, 1.807) is 0 Å². The Hall–Kier alpha value is -0.510. The summed E-state index contributed by atoms with van der Waals surface area (Å²) in [6.07, 6.45) is 0.169. The Balaban J connectivity index is 3.37. The average molecular weight is 194 g/mol. The summed E-state index contributed by atoms with van der Waals surface area (Å²) in [5, 5.41) is 8.18. The van der Waals surface area contributed by atoms with Gasteiger partial charge in [0, 0.05) is 6.42 Å². The van der Waals surface area contributed by atoms with Gasteiger partial charge in [-0.05, 0) is 0 Å². The predicted octanol–water partition coefficient (Wildman–Crippen LogP) is 0.0261. The maximum Gasteiger partial charge on any atom is 0.305 e. The highest BCUT2D eigenvalue weighted by Gasteiger charge is 2.06. The minimum atomic E-state index is -0.470. The number of hydrogen-bond acceptors (Lipinski definition) is 5. The second-order valence-electron chi connectivity index (χ2n) is 1.87. The smallest absolute Gasteiger partial charge is 0.305 e. The molecule has 0 rings (SSSR count). The molecule has 0 aliphatic carbocycles. The van der Waals surface area contributed by atoms with Crippen LogP contribution in [0.25, 0.3) is 0 Å². The first kappa shape index (κ1) is 11.5.